The van der Waals surface area contributed by atoms with Crippen LogP contribution in [-0.4, -0.2) is 19.4 Å². The van der Waals surface area contributed by atoms with Gasteiger partial charge in [0.2, 0.25) is 10.0 Å². The first kappa shape index (κ1) is 15.9. The molecule has 1 saturated carbocycles. The number of nitro groups is 1. The van der Waals surface area contributed by atoms with Crippen molar-refractivity contribution >= 4 is 15.7 Å². The number of aryl methyl sites for hydroxylation is 1. The predicted molar refractivity (Wildman–Crippen MR) is 79.8 cm³/mol. The SMILES string of the molecule is Cc1cc(S(=O)(=O)NC2CCCCC2)cc([N+](=O)[O-])c1C. The zero-order valence-electron chi connectivity index (χ0n) is 12.3. The van der Waals surface area contributed by atoms with Crippen LogP contribution in [0.2, 0.25) is 0 Å². The van der Waals surface area contributed by atoms with E-state index >= 15 is 0 Å². The van der Waals surface area contributed by atoms with E-state index in [0.717, 1.165) is 38.2 Å². The van der Waals surface area contributed by atoms with Gasteiger partial charge in [-0.2, -0.15) is 0 Å². The Morgan fingerprint density at radius 1 is 1.19 bits per heavy atom. The van der Waals surface area contributed by atoms with Crippen molar-refractivity contribution in [2.75, 3.05) is 0 Å². The lowest BCUT2D eigenvalue weighted by atomic mass is 9.96. The molecular weight excluding hydrogens is 292 g/mol. The lowest BCUT2D eigenvalue weighted by Crippen LogP contribution is -2.36. The van der Waals surface area contributed by atoms with E-state index < -0.39 is 14.9 Å². The average Bonchev–Trinajstić information content (AvgIpc) is 2.41. The molecule has 6 nitrogen and oxygen atoms in total. The summed E-state index contributed by atoms with van der Waals surface area (Å²) in [6.45, 7) is 3.31. The van der Waals surface area contributed by atoms with Crippen molar-refractivity contribution in [1.29, 1.82) is 0 Å². The molecular formula is C14H20N2O4S. The number of sulfonamides is 1. The molecule has 0 aromatic heterocycles. The lowest BCUT2D eigenvalue weighted by molar-refractivity contribution is -0.385. The number of nitrogens with one attached hydrogen (secondary N) is 1. The first-order valence-corrected chi connectivity index (χ1v) is 8.57. The van der Waals surface area contributed by atoms with Crippen molar-refractivity contribution < 1.29 is 13.3 Å². The van der Waals surface area contributed by atoms with Crippen LogP contribution < -0.4 is 4.72 Å². The summed E-state index contributed by atoms with van der Waals surface area (Å²) in [5, 5.41) is 11.0. The Hall–Kier alpha value is -1.47. The number of rotatable bonds is 4. The van der Waals surface area contributed by atoms with Crippen molar-refractivity contribution in [3.05, 3.63) is 33.4 Å². The second kappa shape index (κ2) is 6.11. The van der Waals surface area contributed by atoms with Gasteiger partial charge in [-0.1, -0.05) is 19.3 Å². The topological polar surface area (TPSA) is 89.3 Å². The minimum atomic E-state index is -3.71. The second-order valence-corrected chi connectivity index (χ2v) is 7.31. The standard InChI is InChI=1S/C14H20N2O4S/c1-10-8-13(9-14(11(10)2)16(17)18)21(19,20)15-12-6-4-3-5-7-12/h8-9,12,15H,3-7H2,1-2H3. The van der Waals surface area contributed by atoms with Crippen molar-refractivity contribution in [2.24, 2.45) is 0 Å². The van der Waals surface area contributed by atoms with Crippen molar-refractivity contribution in [2.45, 2.75) is 56.9 Å². The summed E-state index contributed by atoms with van der Waals surface area (Å²) in [4.78, 5) is 10.5. The number of nitro benzene ring substituents is 1. The summed E-state index contributed by atoms with van der Waals surface area (Å²) in [7, 11) is -3.71. The van der Waals surface area contributed by atoms with E-state index in [0.29, 0.717) is 11.1 Å². The molecule has 0 amide bonds. The minimum Gasteiger partial charge on any atom is -0.258 e. The largest absolute Gasteiger partial charge is 0.273 e. The summed E-state index contributed by atoms with van der Waals surface area (Å²) in [5.74, 6) is 0. The Morgan fingerprint density at radius 3 is 2.38 bits per heavy atom. The van der Waals surface area contributed by atoms with Gasteiger partial charge in [-0.25, -0.2) is 13.1 Å². The van der Waals surface area contributed by atoms with Gasteiger partial charge in [0.15, 0.2) is 0 Å². The molecule has 0 heterocycles. The molecule has 21 heavy (non-hydrogen) atoms. The van der Waals surface area contributed by atoms with Crippen molar-refractivity contribution in [3.63, 3.8) is 0 Å². The first-order chi connectivity index (χ1) is 9.81. The lowest BCUT2D eigenvalue weighted by Gasteiger charge is -2.22. The molecule has 0 unspecified atom stereocenters. The van der Waals surface area contributed by atoms with Gasteiger partial charge >= 0.3 is 0 Å². The maximum absolute atomic E-state index is 12.4. The number of hydrogen-bond donors (Lipinski definition) is 1. The van der Waals surface area contributed by atoms with Crippen molar-refractivity contribution in [3.8, 4) is 0 Å². The van der Waals surface area contributed by atoms with Crippen LogP contribution in [0.3, 0.4) is 0 Å². The zero-order chi connectivity index (χ0) is 15.6. The Morgan fingerprint density at radius 2 is 1.81 bits per heavy atom. The molecule has 7 heteroatoms. The molecule has 0 aliphatic heterocycles. The second-order valence-electron chi connectivity index (χ2n) is 5.60. The molecule has 2 rings (SSSR count). The van der Waals surface area contributed by atoms with Crippen molar-refractivity contribution in [1.82, 2.24) is 4.72 Å². The Bertz CT molecular complexity index is 649. The van der Waals surface area contributed by atoms with Crippen LogP contribution in [0.4, 0.5) is 5.69 Å². The van der Waals surface area contributed by atoms with Crippen LogP contribution in [0.25, 0.3) is 0 Å². The number of benzene rings is 1. The van der Waals surface area contributed by atoms with Gasteiger partial charge in [0, 0.05) is 17.7 Å². The summed E-state index contributed by atoms with van der Waals surface area (Å²) in [5.41, 5.74) is 0.948. The van der Waals surface area contributed by atoms with Gasteiger partial charge in [-0.05, 0) is 38.3 Å². The predicted octanol–water partition coefficient (Wildman–Crippen LogP) is 2.82. The van der Waals surface area contributed by atoms with E-state index in [1.807, 2.05) is 0 Å². The van der Waals surface area contributed by atoms with E-state index in [9.17, 15) is 18.5 Å². The van der Waals surface area contributed by atoms with E-state index in [1.54, 1.807) is 13.8 Å². The molecule has 0 bridgehead atoms. The van der Waals surface area contributed by atoms with Crippen LogP contribution >= 0.6 is 0 Å². The third-order valence-electron chi connectivity index (χ3n) is 4.05. The first-order valence-electron chi connectivity index (χ1n) is 7.09. The Kier molecular flexibility index (Phi) is 4.63. The molecule has 116 valence electrons. The third kappa shape index (κ3) is 3.59. The van der Waals surface area contributed by atoms with Gasteiger partial charge in [0.1, 0.15) is 0 Å². The zero-order valence-corrected chi connectivity index (χ0v) is 13.1. The van der Waals surface area contributed by atoms with E-state index in [-0.39, 0.29) is 16.6 Å². The maximum atomic E-state index is 12.4. The highest BCUT2D eigenvalue weighted by atomic mass is 32.2. The molecule has 0 spiro atoms. The highest BCUT2D eigenvalue weighted by Crippen LogP contribution is 2.27. The summed E-state index contributed by atoms with van der Waals surface area (Å²) in [6.07, 6.45) is 4.81. The van der Waals surface area contributed by atoms with Gasteiger partial charge < -0.3 is 0 Å². The third-order valence-corrected chi connectivity index (χ3v) is 5.55. The molecule has 1 N–H and O–H groups in total. The minimum absolute atomic E-state index is 0.0251. The van der Waals surface area contributed by atoms with E-state index in [1.165, 1.54) is 6.07 Å². The Balaban J connectivity index is 2.33. The highest BCUT2D eigenvalue weighted by Gasteiger charge is 2.25. The molecule has 0 atom stereocenters. The van der Waals surface area contributed by atoms with Gasteiger partial charge in [0.25, 0.3) is 5.69 Å². The van der Waals surface area contributed by atoms with E-state index in [2.05, 4.69) is 4.72 Å². The highest BCUT2D eigenvalue weighted by molar-refractivity contribution is 7.89. The summed E-state index contributed by atoms with van der Waals surface area (Å²) >= 11 is 0. The molecule has 1 aliphatic rings. The van der Waals surface area contributed by atoms with Gasteiger partial charge in [-0.3, -0.25) is 10.1 Å². The normalized spacial score (nSPS) is 16.9. The maximum Gasteiger partial charge on any atom is 0.273 e. The van der Waals surface area contributed by atoms with E-state index in [4.69, 9.17) is 0 Å². The fourth-order valence-corrected chi connectivity index (χ4v) is 4.07. The van der Waals surface area contributed by atoms with Crippen LogP contribution in [0.15, 0.2) is 17.0 Å². The van der Waals surface area contributed by atoms with Gasteiger partial charge in [-0.15, -0.1) is 0 Å². The molecule has 1 fully saturated rings. The summed E-state index contributed by atoms with van der Waals surface area (Å²) in [6, 6.07) is 2.57. The van der Waals surface area contributed by atoms with Crippen LogP contribution in [0.5, 0.6) is 0 Å². The molecule has 0 radical (unpaired) electrons. The Labute approximate surface area is 124 Å². The molecule has 1 aliphatic carbocycles. The fourth-order valence-electron chi connectivity index (χ4n) is 2.66. The smallest absolute Gasteiger partial charge is 0.258 e. The van der Waals surface area contributed by atoms with Crippen LogP contribution in [-0.2, 0) is 10.0 Å². The number of nitrogens with zero attached hydrogens (tertiary/aromatic N) is 1. The van der Waals surface area contributed by atoms with Crippen LogP contribution in [0.1, 0.15) is 43.2 Å². The fraction of sp³-hybridized carbons (Fsp3) is 0.571. The molecule has 1 aromatic carbocycles. The number of hydrogen-bond acceptors (Lipinski definition) is 4. The van der Waals surface area contributed by atoms with Gasteiger partial charge in [0.05, 0.1) is 9.82 Å². The average molecular weight is 312 g/mol. The monoisotopic (exact) mass is 312 g/mol. The molecule has 1 aromatic rings. The molecule has 0 saturated heterocycles. The quantitative estimate of drug-likeness (QED) is 0.684. The van der Waals surface area contributed by atoms with Crippen LogP contribution in [0, 0.1) is 24.0 Å². The summed E-state index contributed by atoms with van der Waals surface area (Å²) < 4.78 is 27.5.